The van der Waals surface area contributed by atoms with Gasteiger partial charge >= 0.3 is 5.97 Å². The Bertz CT molecular complexity index is 146. The molecule has 0 fully saturated rings. The van der Waals surface area contributed by atoms with E-state index in [2.05, 4.69) is 0 Å². The van der Waals surface area contributed by atoms with Crippen LogP contribution in [-0.2, 0) is 9.59 Å². The van der Waals surface area contributed by atoms with E-state index >= 15 is 0 Å². The van der Waals surface area contributed by atoms with Crippen molar-refractivity contribution in [2.75, 3.05) is 20.1 Å². The second kappa shape index (κ2) is 3.84. The van der Waals surface area contributed by atoms with Crippen LogP contribution in [-0.4, -0.2) is 42.0 Å². The van der Waals surface area contributed by atoms with Gasteiger partial charge in [-0.05, 0) is 0 Å². The van der Waals surface area contributed by atoms with E-state index in [1.54, 1.807) is 0 Å². The third kappa shape index (κ3) is 3.03. The van der Waals surface area contributed by atoms with Gasteiger partial charge in [0.2, 0.25) is 5.91 Å². The largest absolute Gasteiger partial charge is 0.480 e. The third-order valence-corrected chi connectivity index (χ3v) is 0.973. The number of carbonyl (C=O) groups excluding carboxylic acids is 1. The summed E-state index contributed by atoms with van der Waals surface area (Å²) in [5, 5.41) is 8.19. The second-order valence-corrected chi connectivity index (χ2v) is 1.85. The summed E-state index contributed by atoms with van der Waals surface area (Å²) in [6.45, 7) is -0.445. The van der Waals surface area contributed by atoms with Gasteiger partial charge in [-0.25, -0.2) is 0 Å². The van der Waals surface area contributed by atoms with Crippen LogP contribution in [0, 0.1) is 0 Å². The highest BCUT2D eigenvalue weighted by atomic mass is 16.6. The molecule has 0 aliphatic carbocycles. The molecule has 5 nitrogen and oxygen atoms in total. The summed E-state index contributed by atoms with van der Waals surface area (Å²) in [4.78, 5) is 21.6. The summed E-state index contributed by atoms with van der Waals surface area (Å²) in [5.41, 5.74) is 4.96. The van der Waals surface area contributed by atoms with E-state index in [0.29, 0.717) is 0 Å². The molecule has 0 saturated carbocycles. The molecule has 0 aromatic carbocycles. The number of amides is 1. The lowest BCUT2D eigenvalue weighted by molar-refractivity contribution is -0.142. The summed E-state index contributed by atoms with van der Waals surface area (Å²) in [5.74, 6) is -1.41. The van der Waals surface area contributed by atoms with Crippen molar-refractivity contribution in [2.45, 2.75) is 0 Å². The maximum Gasteiger partial charge on any atom is 0.323 e. The first-order valence-electron chi connectivity index (χ1n) is 2.73. The number of aliphatic carboxylic acids is 1. The van der Waals surface area contributed by atoms with Crippen molar-refractivity contribution in [1.29, 1.82) is 0 Å². The third-order valence-electron chi connectivity index (χ3n) is 0.973. The lowest BCUT2D eigenvalue weighted by atomic mass is 10.5. The molecule has 0 spiro atoms. The normalized spacial score (nSPS) is 9.00. The summed E-state index contributed by atoms with van der Waals surface area (Å²) >= 11 is 0. The van der Waals surface area contributed by atoms with Crippen LogP contribution in [0.4, 0.5) is 0 Å². The maximum atomic E-state index is 10.6. The van der Waals surface area contributed by atoms with E-state index < -0.39 is 5.97 Å². The quantitative estimate of drug-likeness (QED) is 0.509. The minimum Gasteiger partial charge on any atom is -0.480 e. The number of nitrogens with zero attached hydrogens (tertiary/aromatic N) is 1. The van der Waals surface area contributed by atoms with Gasteiger partial charge in [0.15, 0.2) is 0 Å². The summed E-state index contributed by atoms with van der Waals surface area (Å²) in [6, 6.07) is 0. The van der Waals surface area contributed by atoms with E-state index in [4.69, 9.17) is 10.8 Å². The minimum absolute atomic E-state index is 0.149. The fourth-order valence-electron chi connectivity index (χ4n) is 0.447. The molecule has 10 heavy (non-hydrogen) atoms. The fourth-order valence-corrected chi connectivity index (χ4v) is 0.447. The second-order valence-electron chi connectivity index (χ2n) is 1.85. The summed E-state index contributed by atoms with van der Waals surface area (Å²) in [7, 11) is 1.39. The van der Waals surface area contributed by atoms with E-state index in [9.17, 15) is 9.59 Å². The van der Waals surface area contributed by atoms with Crippen LogP contribution in [0.2, 0.25) is 0 Å². The molecule has 0 atom stereocenters. The molecule has 0 aliphatic rings. The van der Waals surface area contributed by atoms with E-state index in [-0.39, 0.29) is 19.0 Å². The van der Waals surface area contributed by atoms with Crippen LogP contribution >= 0.6 is 0 Å². The van der Waals surface area contributed by atoms with Crippen molar-refractivity contribution in [3.63, 3.8) is 0 Å². The highest BCUT2D eigenvalue weighted by molar-refractivity contribution is 5.82. The lowest BCUT2D eigenvalue weighted by Crippen LogP contribution is -2.36. The van der Waals surface area contributed by atoms with Gasteiger partial charge in [-0.2, -0.15) is 0 Å². The zero-order chi connectivity index (χ0) is 8.15. The molecule has 0 aliphatic heterocycles. The zero-order valence-electron chi connectivity index (χ0n) is 5.70. The zero-order valence-corrected chi connectivity index (χ0v) is 5.70. The smallest absolute Gasteiger partial charge is 0.323 e. The average molecular weight is 148 g/mol. The molecule has 5 heteroatoms. The first kappa shape index (κ1) is 8.90. The topological polar surface area (TPSA) is 83.6 Å². The monoisotopic (exact) mass is 148 g/mol. The van der Waals surface area contributed by atoms with Gasteiger partial charge < -0.3 is 15.7 Å². The Hall–Kier alpha value is -1.10. The molecule has 0 rings (SSSR count). The van der Waals surface area contributed by atoms with Crippen LogP contribution in [0.3, 0.4) is 0 Å². The molecule has 0 heterocycles. The van der Waals surface area contributed by atoms with Crippen LogP contribution < -0.4 is 5.73 Å². The number of likely N-dealkylation sites (N-methyl/N-ethyl adjacent to an activating group) is 1. The van der Waals surface area contributed by atoms with Crippen molar-refractivity contribution < 1.29 is 14.7 Å². The SMILES string of the molecule is CN(C[14C](=O)O)C(=O)CN. The van der Waals surface area contributed by atoms with Crippen LogP contribution in [0.25, 0.3) is 0 Å². The Morgan fingerprint density at radius 3 is 2.60 bits per heavy atom. The molecule has 0 saturated heterocycles. The van der Waals surface area contributed by atoms with Gasteiger partial charge in [0.05, 0.1) is 6.54 Å². The van der Waals surface area contributed by atoms with Crippen molar-refractivity contribution in [1.82, 2.24) is 4.90 Å². The Kier molecular flexibility index (Phi) is 3.42. The van der Waals surface area contributed by atoms with E-state index in [1.165, 1.54) is 7.05 Å². The van der Waals surface area contributed by atoms with Gasteiger partial charge in [-0.15, -0.1) is 0 Å². The van der Waals surface area contributed by atoms with Gasteiger partial charge in [-0.3, -0.25) is 9.59 Å². The van der Waals surface area contributed by atoms with Crippen LogP contribution in [0.15, 0.2) is 0 Å². The highest BCUT2D eigenvalue weighted by Crippen LogP contribution is 1.80. The summed E-state index contributed by atoms with van der Waals surface area (Å²) < 4.78 is 0. The number of carbonyl (C=O) groups is 2. The van der Waals surface area contributed by atoms with Gasteiger partial charge in [0, 0.05) is 7.05 Å². The highest BCUT2D eigenvalue weighted by Gasteiger charge is 2.08. The summed E-state index contributed by atoms with van der Waals surface area (Å²) in [6.07, 6.45) is 0. The first-order valence-corrected chi connectivity index (χ1v) is 2.73. The maximum absolute atomic E-state index is 10.6. The standard InChI is InChI=1S/C5H10N2O3/c1-7(3-5(9)10)4(8)2-6/h2-3,6H2,1H3,(H,9,10)/i5+2. The first-order chi connectivity index (χ1) is 4.57. The van der Waals surface area contributed by atoms with Crippen molar-refractivity contribution >= 4 is 11.9 Å². The lowest BCUT2D eigenvalue weighted by Gasteiger charge is -2.11. The Morgan fingerprint density at radius 1 is 1.80 bits per heavy atom. The molecule has 0 aromatic rings. The molecule has 0 radical (unpaired) electrons. The molecule has 0 bridgehead atoms. The number of nitrogens with two attached hydrogens (primary N) is 1. The molecule has 0 unspecified atom stereocenters. The minimum atomic E-state index is -1.04. The molecule has 0 aromatic heterocycles. The van der Waals surface area contributed by atoms with Gasteiger partial charge in [0.1, 0.15) is 6.54 Å². The van der Waals surface area contributed by atoms with Crippen molar-refractivity contribution in [2.24, 2.45) is 5.73 Å². The number of rotatable bonds is 3. The Morgan fingerprint density at radius 2 is 2.30 bits per heavy atom. The average Bonchev–Trinajstić information content (AvgIpc) is 1.85. The molecular weight excluding hydrogens is 138 g/mol. The van der Waals surface area contributed by atoms with E-state index in [0.717, 1.165) is 4.90 Å². The number of hydrogen-bond donors (Lipinski definition) is 2. The van der Waals surface area contributed by atoms with Gasteiger partial charge in [-0.1, -0.05) is 0 Å². The Labute approximate surface area is 58.4 Å². The number of hydrogen-bond acceptors (Lipinski definition) is 3. The van der Waals surface area contributed by atoms with Gasteiger partial charge in [0.25, 0.3) is 0 Å². The molecule has 1 amide bonds. The number of carboxylic acid groups (broad SMARTS) is 1. The number of carboxylic acids is 1. The Balaban J connectivity index is 3.72. The van der Waals surface area contributed by atoms with Crippen molar-refractivity contribution in [3.8, 4) is 0 Å². The predicted octanol–water partition coefficient (Wildman–Crippen LogP) is -1.51. The van der Waals surface area contributed by atoms with Crippen LogP contribution in [0.1, 0.15) is 0 Å². The van der Waals surface area contributed by atoms with Crippen LogP contribution in [0.5, 0.6) is 0 Å². The predicted molar refractivity (Wildman–Crippen MR) is 34.3 cm³/mol. The molecule has 3 N–H and O–H groups in total. The molecule has 58 valence electrons. The fraction of sp³-hybridized carbons (Fsp3) is 0.600. The van der Waals surface area contributed by atoms with E-state index in [1.807, 2.05) is 0 Å². The van der Waals surface area contributed by atoms with Crippen molar-refractivity contribution in [3.05, 3.63) is 0 Å². The molecular formula is C5H10N2O3.